The van der Waals surface area contributed by atoms with Gasteiger partial charge >= 0.3 is 12.2 Å². The predicted molar refractivity (Wildman–Crippen MR) is 118 cm³/mol. The average Bonchev–Trinajstić information content (AvgIpc) is 3.22. The molecule has 4 aromatic rings. The van der Waals surface area contributed by atoms with E-state index in [4.69, 9.17) is 15.7 Å². The Morgan fingerprint density at radius 2 is 1.91 bits per heavy atom. The molecule has 35 heavy (non-hydrogen) atoms. The lowest BCUT2D eigenvalue weighted by Crippen LogP contribution is -2.19. The molecule has 2 aromatic carbocycles. The van der Waals surface area contributed by atoms with Crippen LogP contribution in [0, 0.1) is 11.3 Å². The van der Waals surface area contributed by atoms with Crippen LogP contribution in [0.15, 0.2) is 61.1 Å². The van der Waals surface area contributed by atoms with E-state index >= 15 is 0 Å². The van der Waals surface area contributed by atoms with Crippen molar-refractivity contribution in [3.8, 4) is 17.7 Å². The zero-order valence-corrected chi connectivity index (χ0v) is 17.7. The van der Waals surface area contributed by atoms with Gasteiger partial charge in [0.25, 0.3) is 0 Å². The largest absolute Gasteiger partial charge is 0.439 e. The first kappa shape index (κ1) is 23.2. The highest BCUT2D eigenvalue weighted by Gasteiger charge is 2.34. The first-order valence-corrected chi connectivity index (χ1v) is 9.95. The number of nitrogens with two attached hydrogens (primary N) is 1. The van der Waals surface area contributed by atoms with E-state index in [-0.39, 0.29) is 18.0 Å². The van der Waals surface area contributed by atoms with E-state index in [9.17, 15) is 22.8 Å². The fraction of sp³-hybridized carbons (Fsp3) is 0.0870. The second-order valence-corrected chi connectivity index (χ2v) is 7.30. The Balaban J connectivity index is 1.54. The van der Waals surface area contributed by atoms with Gasteiger partial charge in [0, 0.05) is 23.3 Å². The molecule has 0 aliphatic carbocycles. The Morgan fingerprint density at radius 1 is 1.11 bits per heavy atom. The number of aromatic nitrogens is 3. The van der Waals surface area contributed by atoms with Crippen molar-refractivity contribution < 1.29 is 27.5 Å². The van der Waals surface area contributed by atoms with Gasteiger partial charge < -0.3 is 15.8 Å². The van der Waals surface area contributed by atoms with Gasteiger partial charge in [-0.25, -0.2) is 14.8 Å². The maximum absolute atomic E-state index is 13.2. The van der Waals surface area contributed by atoms with Crippen molar-refractivity contribution in [1.82, 2.24) is 14.5 Å². The first-order valence-electron chi connectivity index (χ1n) is 9.95. The SMILES string of the molecule is N#Cc1ccc(NC(=O)n2ccc3cc(Oc4cc(CC(N)=O)ncn4)ccc32)cc1C(F)(F)F. The number of nitrogens with zero attached hydrogens (tertiary/aromatic N) is 4. The molecule has 0 fully saturated rings. The highest BCUT2D eigenvalue weighted by molar-refractivity contribution is 5.98. The van der Waals surface area contributed by atoms with Gasteiger partial charge in [0.15, 0.2) is 0 Å². The number of benzene rings is 2. The van der Waals surface area contributed by atoms with Gasteiger partial charge in [0.05, 0.1) is 34.8 Å². The molecule has 0 spiro atoms. The van der Waals surface area contributed by atoms with Gasteiger partial charge in [-0.3, -0.25) is 9.36 Å². The maximum Gasteiger partial charge on any atom is 0.417 e. The Hall–Kier alpha value is -4.92. The summed E-state index contributed by atoms with van der Waals surface area (Å²) in [5.41, 5.74) is 4.23. The Kier molecular flexibility index (Phi) is 6.07. The quantitative estimate of drug-likeness (QED) is 0.439. The van der Waals surface area contributed by atoms with Crippen LogP contribution in [0.1, 0.15) is 16.8 Å². The van der Waals surface area contributed by atoms with E-state index < -0.39 is 29.2 Å². The molecule has 0 saturated carbocycles. The first-order chi connectivity index (χ1) is 16.6. The number of anilines is 1. The number of hydrogen-bond donors (Lipinski definition) is 2. The van der Waals surface area contributed by atoms with Gasteiger partial charge in [0.1, 0.15) is 12.1 Å². The molecule has 2 heterocycles. The highest BCUT2D eigenvalue weighted by Crippen LogP contribution is 2.33. The van der Waals surface area contributed by atoms with Crippen LogP contribution in [-0.4, -0.2) is 26.5 Å². The van der Waals surface area contributed by atoms with Crippen LogP contribution in [0.3, 0.4) is 0 Å². The van der Waals surface area contributed by atoms with Gasteiger partial charge in [-0.15, -0.1) is 0 Å². The molecule has 0 radical (unpaired) electrons. The van der Waals surface area contributed by atoms with Crippen LogP contribution in [0.5, 0.6) is 11.6 Å². The number of carbonyl (C=O) groups excluding carboxylic acids is 2. The fourth-order valence-electron chi connectivity index (χ4n) is 3.33. The molecule has 4 rings (SSSR count). The summed E-state index contributed by atoms with van der Waals surface area (Å²) in [5, 5.41) is 11.9. The molecule has 3 N–H and O–H groups in total. The Morgan fingerprint density at radius 3 is 2.63 bits per heavy atom. The summed E-state index contributed by atoms with van der Waals surface area (Å²) in [6, 6.07) is 11.6. The third-order valence-electron chi connectivity index (χ3n) is 4.85. The van der Waals surface area contributed by atoms with Crippen molar-refractivity contribution in [3.05, 3.63) is 77.9 Å². The minimum absolute atomic E-state index is 0.0699. The predicted octanol–water partition coefficient (Wildman–Crippen LogP) is 4.22. The molecule has 0 atom stereocenters. The molecule has 0 aliphatic heterocycles. The fourth-order valence-corrected chi connectivity index (χ4v) is 3.33. The molecule has 0 aliphatic rings. The minimum Gasteiger partial charge on any atom is -0.439 e. The maximum atomic E-state index is 13.2. The molecule has 0 bridgehead atoms. The van der Waals surface area contributed by atoms with E-state index in [0.717, 1.165) is 6.07 Å². The topological polar surface area (TPSA) is 136 Å². The third-order valence-corrected chi connectivity index (χ3v) is 4.85. The lowest BCUT2D eigenvalue weighted by molar-refractivity contribution is -0.137. The smallest absolute Gasteiger partial charge is 0.417 e. The summed E-state index contributed by atoms with van der Waals surface area (Å²) in [5.74, 6) is 0.0293. The number of amides is 2. The van der Waals surface area contributed by atoms with Crippen molar-refractivity contribution in [2.24, 2.45) is 5.73 Å². The highest BCUT2D eigenvalue weighted by atomic mass is 19.4. The van der Waals surface area contributed by atoms with Crippen LogP contribution < -0.4 is 15.8 Å². The van der Waals surface area contributed by atoms with Crippen LogP contribution in [0.4, 0.5) is 23.7 Å². The van der Waals surface area contributed by atoms with Crippen molar-refractivity contribution in [2.75, 3.05) is 5.32 Å². The van der Waals surface area contributed by atoms with E-state index in [1.54, 1.807) is 24.3 Å². The molecular weight excluding hydrogens is 465 g/mol. The van der Waals surface area contributed by atoms with Crippen molar-refractivity contribution in [2.45, 2.75) is 12.6 Å². The number of halogens is 3. The van der Waals surface area contributed by atoms with Gasteiger partial charge in [0.2, 0.25) is 11.8 Å². The number of carbonyl (C=O) groups is 2. The lowest BCUT2D eigenvalue weighted by Gasteiger charge is -2.12. The number of hydrogen-bond acceptors (Lipinski definition) is 6. The van der Waals surface area contributed by atoms with E-state index in [2.05, 4.69) is 15.3 Å². The summed E-state index contributed by atoms with van der Waals surface area (Å²) in [6.07, 6.45) is -2.12. The molecule has 0 unspecified atom stereocenters. The van der Waals surface area contributed by atoms with Gasteiger partial charge in [-0.1, -0.05) is 0 Å². The number of ether oxygens (including phenoxy) is 1. The van der Waals surface area contributed by atoms with Crippen LogP contribution in [0.25, 0.3) is 10.9 Å². The molecule has 176 valence electrons. The van der Waals surface area contributed by atoms with Crippen LogP contribution in [-0.2, 0) is 17.4 Å². The average molecular weight is 480 g/mol. The second-order valence-electron chi connectivity index (χ2n) is 7.30. The van der Waals surface area contributed by atoms with Crippen LogP contribution >= 0.6 is 0 Å². The summed E-state index contributed by atoms with van der Waals surface area (Å²) in [7, 11) is 0. The standard InChI is InChI=1S/C23H15F3N6O3/c24-23(25,26)18-8-15(2-1-14(18)11-27)31-22(34)32-6-5-13-7-17(3-4-19(13)32)35-21-10-16(9-20(28)33)29-12-30-21/h1-8,10,12H,9H2,(H2,28,33)(H,31,34). The monoisotopic (exact) mass is 480 g/mol. The number of fused-ring (bicyclic) bond motifs is 1. The van der Waals surface area contributed by atoms with Crippen LogP contribution in [0.2, 0.25) is 0 Å². The molecule has 9 nitrogen and oxygen atoms in total. The van der Waals surface area contributed by atoms with Gasteiger partial charge in [-0.05, 0) is 42.5 Å². The third kappa shape index (κ3) is 5.19. The summed E-state index contributed by atoms with van der Waals surface area (Å²) in [4.78, 5) is 31.7. The number of nitriles is 1. The number of alkyl halides is 3. The lowest BCUT2D eigenvalue weighted by atomic mass is 10.1. The van der Waals surface area contributed by atoms with E-state index in [1.807, 2.05) is 0 Å². The minimum atomic E-state index is -4.74. The molecule has 2 aromatic heterocycles. The summed E-state index contributed by atoms with van der Waals surface area (Å²) < 4.78 is 46.5. The van der Waals surface area contributed by atoms with E-state index in [1.165, 1.54) is 35.3 Å². The van der Waals surface area contributed by atoms with Crippen molar-refractivity contribution in [3.63, 3.8) is 0 Å². The molecular formula is C23H15F3N6O3. The second kappa shape index (κ2) is 9.14. The zero-order valence-electron chi connectivity index (χ0n) is 17.7. The number of nitrogens with one attached hydrogen (secondary N) is 1. The van der Waals surface area contributed by atoms with Gasteiger partial charge in [-0.2, -0.15) is 18.4 Å². The number of primary amides is 1. The van der Waals surface area contributed by atoms with E-state index in [0.29, 0.717) is 28.4 Å². The zero-order chi connectivity index (χ0) is 25.2. The Bertz CT molecular complexity index is 1490. The normalized spacial score (nSPS) is 11.1. The van der Waals surface area contributed by atoms with Crippen molar-refractivity contribution in [1.29, 1.82) is 5.26 Å². The summed E-state index contributed by atoms with van der Waals surface area (Å²) >= 11 is 0. The number of rotatable bonds is 5. The summed E-state index contributed by atoms with van der Waals surface area (Å²) in [6.45, 7) is 0. The van der Waals surface area contributed by atoms with Crippen molar-refractivity contribution >= 4 is 28.5 Å². The molecule has 0 saturated heterocycles. The molecule has 12 heteroatoms. The molecule has 2 amide bonds. The Labute approximate surface area is 195 Å².